The number of carboxylic acids is 1. The number of carboxylic acid groups (broad SMARTS) is 1. The molecule has 0 spiro atoms. The summed E-state index contributed by atoms with van der Waals surface area (Å²) in [6.45, 7) is -1.21. The van der Waals surface area contributed by atoms with Gasteiger partial charge < -0.3 is 10.3 Å². The smallest absolute Gasteiger partial charge is 0.368 e. The second-order valence-corrected chi connectivity index (χ2v) is 5.02. The highest BCUT2D eigenvalue weighted by atomic mass is 16.8. The van der Waals surface area contributed by atoms with Crippen molar-refractivity contribution in [1.82, 2.24) is 4.90 Å². The number of aliphatic carboxylic acids is 1. The SMILES string of the molecule is C[N+](CC(=O)O)(OCCN1C(=O)c2ccccc2C1=O)[N+](=N)[O-]. The van der Waals surface area contributed by atoms with Crippen molar-refractivity contribution in [2.24, 2.45) is 0 Å². The minimum Gasteiger partial charge on any atom is -0.543 e. The maximum Gasteiger partial charge on any atom is 0.368 e. The minimum absolute atomic E-state index is 0.159. The van der Waals surface area contributed by atoms with Crippen LogP contribution in [0.25, 0.3) is 0 Å². The Labute approximate surface area is 130 Å². The zero-order chi connectivity index (χ0) is 17.2. The topological polar surface area (TPSA) is 134 Å². The molecular weight excluding hydrogens is 308 g/mol. The summed E-state index contributed by atoms with van der Waals surface area (Å²) in [5.41, 5.74) is 7.58. The fraction of sp³-hybridized carbons (Fsp3) is 0.308. The first kappa shape index (κ1) is 16.5. The maximum absolute atomic E-state index is 12.1. The number of nitrogens with zero attached hydrogens (tertiary/aromatic N) is 3. The molecule has 0 saturated heterocycles. The van der Waals surface area contributed by atoms with Crippen LogP contribution in [-0.2, 0) is 9.63 Å². The van der Waals surface area contributed by atoms with Crippen molar-refractivity contribution < 1.29 is 34.1 Å². The largest absolute Gasteiger partial charge is 0.543 e. The fourth-order valence-electron chi connectivity index (χ4n) is 2.18. The van der Waals surface area contributed by atoms with Crippen LogP contribution in [0.2, 0.25) is 0 Å². The van der Waals surface area contributed by atoms with Crippen LogP contribution >= 0.6 is 0 Å². The van der Waals surface area contributed by atoms with Gasteiger partial charge in [0.05, 0.1) is 22.4 Å². The van der Waals surface area contributed by atoms with E-state index in [2.05, 4.69) is 0 Å². The van der Waals surface area contributed by atoms with Gasteiger partial charge in [-0.1, -0.05) is 12.1 Å². The van der Waals surface area contributed by atoms with Crippen molar-refractivity contribution in [3.63, 3.8) is 0 Å². The Bertz CT molecular complexity index is 656. The van der Waals surface area contributed by atoms with Gasteiger partial charge in [0.25, 0.3) is 18.4 Å². The second kappa shape index (κ2) is 6.10. The molecular formula is C13H15N4O6+. The van der Waals surface area contributed by atoms with Gasteiger partial charge in [-0.05, 0) is 12.1 Å². The molecule has 10 heteroatoms. The van der Waals surface area contributed by atoms with E-state index in [1.807, 2.05) is 0 Å². The third-order valence-electron chi connectivity index (χ3n) is 3.38. The highest BCUT2D eigenvalue weighted by Crippen LogP contribution is 2.22. The molecule has 1 aliphatic rings. The number of quaternary nitrogens is 1. The number of benzene rings is 1. The van der Waals surface area contributed by atoms with Gasteiger partial charge in [0.15, 0.2) is 7.05 Å². The average Bonchev–Trinajstić information content (AvgIpc) is 2.72. The number of rotatable bonds is 7. The fourth-order valence-corrected chi connectivity index (χ4v) is 2.18. The molecule has 1 unspecified atom stereocenters. The molecule has 10 nitrogen and oxygen atoms in total. The highest BCUT2D eigenvalue weighted by Gasteiger charge is 2.39. The van der Waals surface area contributed by atoms with Gasteiger partial charge in [0, 0.05) is 5.53 Å². The van der Waals surface area contributed by atoms with Crippen LogP contribution in [-0.4, -0.2) is 64.3 Å². The van der Waals surface area contributed by atoms with Gasteiger partial charge in [0.2, 0.25) is 0 Å². The lowest BCUT2D eigenvalue weighted by Crippen LogP contribution is -2.53. The molecule has 0 aliphatic carbocycles. The molecule has 2 rings (SSSR count). The molecule has 0 bridgehead atoms. The Morgan fingerprint density at radius 1 is 1.35 bits per heavy atom. The molecule has 2 amide bonds. The van der Waals surface area contributed by atoms with Gasteiger partial charge in [0.1, 0.15) is 11.6 Å². The van der Waals surface area contributed by atoms with E-state index in [1.165, 1.54) is 12.1 Å². The van der Waals surface area contributed by atoms with Gasteiger partial charge >= 0.3 is 5.97 Å². The van der Waals surface area contributed by atoms with Crippen LogP contribution in [0.3, 0.4) is 0 Å². The number of fused-ring (bicyclic) bond motifs is 1. The van der Waals surface area contributed by atoms with E-state index in [-0.39, 0.29) is 24.3 Å². The van der Waals surface area contributed by atoms with Gasteiger partial charge in [-0.25, -0.2) is 4.79 Å². The van der Waals surface area contributed by atoms with Crippen molar-refractivity contribution in [1.29, 1.82) is 5.53 Å². The van der Waals surface area contributed by atoms with Crippen molar-refractivity contribution in [3.8, 4) is 0 Å². The average molecular weight is 323 g/mol. The van der Waals surface area contributed by atoms with E-state index >= 15 is 0 Å². The number of likely N-dealkylation sites (N-methyl/N-ethyl adjacent to an activating group) is 1. The molecule has 1 aromatic rings. The number of amides is 2. The normalized spacial score (nSPS) is 16.1. The third kappa shape index (κ3) is 3.17. The van der Waals surface area contributed by atoms with Crippen LogP contribution in [0, 0.1) is 10.7 Å². The second-order valence-electron chi connectivity index (χ2n) is 5.02. The molecule has 1 aliphatic heterocycles. The van der Waals surface area contributed by atoms with Crippen molar-refractivity contribution >= 4 is 17.8 Å². The van der Waals surface area contributed by atoms with Crippen LogP contribution in [0.5, 0.6) is 0 Å². The molecule has 2 N–H and O–H groups in total. The Morgan fingerprint density at radius 2 is 1.87 bits per heavy atom. The summed E-state index contributed by atoms with van der Waals surface area (Å²) in [6, 6.07) is 6.34. The molecule has 122 valence electrons. The molecule has 0 saturated carbocycles. The molecule has 1 heterocycles. The number of carbonyl (C=O) groups excluding carboxylic acids is 2. The minimum atomic E-state index is -1.33. The molecule has 0 radical (unpaired) electrons. The first-order valence-corrected chi connectivity index (χ1v) is 6.62. The summed E-state index contributed by atoms with van der Waals surface area (Å²) in [4.78, 5) is 40.6. The zero-order valence-corrected chi connectivity index (χ0v) is 12.3. The van der Waals surface area contributed by atoms with Crippen molar-refractivity contribution in [3.05, 3.63) is 40.6 Å². The van der Waals surface area contributed by atoms with Crippen LogP contribution < -0.4 is 0 Å². The quantitative estimate of drug-likeness (QED) is 0.242. The lowest BCUT2D eigenvalue weighted by Gasteiger charge is -2.22. The van der Waals surface area contributed by atoms with E-state index in [1.54, 1.807) is 12.1 Å². The molecule has 23 heavy (non-hydrogen) atoms. The van der Waals surface area contributed by atoms with Crippen molar-refractivity contribution in [2.45, 2.75) is 0 Å². The van der Waals surface area contributed by atoms with E-state index in [0.29, 0.717) is 0 Å². The highest BCUT2D eigenvalue weighted by molar-refractivity contribution is 6.21. The van der Waals surface area contributed by atoms with Crippen LogP contribution in [0.4, 0.5) is 0 Å². The van der Waals surface area contributed by atoms with E-state index < -0.39 is 34.1 Å². The summed E-state index contributed by atoms with van der Waals surface area (Å²) < 4.78 is -1.18. The first-order valence-electron chi connectivity index (χ1n) is 6.62. The molecule has 0 aromatic heterocycles. The predicted octanol–water partition coefficient (Wildman–Crippen LogP) is 0.202. The monoisotopic (exact) mass is 323 g/mol. The summed E-state index contributed by atoms with van der Waals surface area (Å²) in [7, 11) is 1.09. The first-order chi connectivity index (χ1) is 10.8. The number of hydroxylamine groups is 2. The Morgan fingerprint density at radius 3 is 2.30 bits per heavy atom. The van der Waals surface area contributed by atoms with E-state index in [0.717, 1.165) is 11.9 Å². The standard InChI is InChI=1S/C13H14N4O6/c1-17(16(14)22,8-11(18)19)23-7-6-15-12(20)9-4-2-3-5-10(9)13(15)21/h2-5,14H,6-8H2,1H3/p+1. The number of imide groups is 1. The van der Waals surface area contributed by atoms with Crippen LogP contribution in [0.15, 0.2) is 24.3 Å². The predicted molar refractivity (Wildman–Crippen MR) is 72.8 cm³/mol. The Kier molecular flexibility index (Phi) is 4.38. The molecule has 1 aromatic carbocycles. The molecule has 1 atom stereocenters. The maximum atomic E-state index is 12.1. The summed E-state index contributed by atoms with van der Waals surface area (Å²) in [5.74, 6) is -2.29. The van der Waals surface area contributed by atoms with Gasteiger partial charge in [-0.15, -0.1) is 4.84 Å². The zero-order valence-electron chi connectivity index (χ0n) is 12.3. The van der Waals surface area contributed by atoms with E-state index in [4.69, 9.17) is 15.5 Å². The number of nitrogens with one attached hydrogen (secondary N) is 1. The Hall–Kier alpha value is -2.85. The number of hydrogen-bond acceptors (Lipinski definition) is 6. The Balaban J connectivity index is 2.02. The lowest BCUT2D eigenvalue weighted by atomic mass is 10.1. The van der Waals surface area contributed by atoms with Crippen LogP contribution in [0.1, 0.15) is 20.7 Å². The summed E-state index contributed by atoms with van der Waals surface area (Å²) in [5, 5.41) is 19.9. The van der Waals surface area contributed by atoms with Gasteiger partial charge in [-0.2, -0.15) is 0 Å². The molecule has 0 fully saturated rings. The van der Waals surface area contributed by atoms with E-state index in [9.17, 15) is 19.6 Å². The lowest BCUT2D eigenvalue weighted by molar-refractivity contribution is -1.43. The summed E-state index contributed by atoms with van der Waals surface area (Å²) in [6.07, 6.45) is 0. The number of hydrogen-bond donors (Lipinski definition) is 2. The number of carbonyl (C=O) groups is 3. The van der Waals surface area contributed by atoms with Gasteiger partial charge in [-0.3, -0.25) is 14.5 Å². The van der Waals surface area contributed by atoms with Crippen molar-refractivity contribution in [2.75, 3.05) is 26.7 Å². The summed E-state index contributed by atoms with van der Waals surface area (Å²) >= 11 is 0. The third-order valence-corrected chi connectivity index (χ3v) is 3.38.